The van der Waals surface area contributed by atoms with Crippen LogP contribution in [0.3, 0.4) is 0 Å². The van der Waals surface area contributed by atoms with Crippen molar-refractivity contribution in [2.45, 2.75) is 26.8 Å². The molecular formula is C15H23N3O2. The van der Waals surface area contributed by atoms with Gasteiger partial charge in [-0.15, -0.1) is 0 Å². The molecule has 0 aliphatic heterocycles. The zero-order valence-electron chi connectivity index (χ0n) is 12.7. The molecule has 5 heteroatoms. The summed E-state index contributed by atoms with van der Waals surface area (Å²) in [4.78, 5) is 25.4. The SMILES string of the molecule is CN(C)C(=O)c1cccc(NC(=O)C(N)C(C)(C)C)c1. The molecule has 1 atom stereocenters. The predicted molar refractivity (Wildman–Crippen MR) is 80.5 cm³/mol. The number of nitrogens with one attached hydrogen (secondary N) is 1. The van der Waals surface area contributed by atoms with Gasteiger partial charge in [0.15, 0.2) is 0 Å². The van der Waals surface area contributed by atoms with Crippen LogP contribution in [0.5, 0.6) is 0 Å². The summed E-state index contributed by atoms with van der Waals surface area (Å²) in [6.45, 7) is 5.72. The van der Waals surface area contributed by atoms with E-state index in [9.17, 15) is 9.59 Å². The monoisotopic (exact) mass is 277 g/mol. The number of carbonyl (C=O) groups excluding carboxylic acids is 2. The van der Waals surface area contributed by atoms with E-state index in [1.165, 1.54) is 4.90 Å². The van der Waals surface area contributed by atoms with Crippen LogP contribution in [0.25, 0.3) is 0 Å². The lowest BCUT2D eigenvalue weighted by molar-refractivity contribution is -0.119. The van der Waals surface area contributed by atoms with E-state index < -0.39 is 6.04 Å². The molecule has 0 aliphatic carbocycles. The molecule has 1 unspecified atom stereocenters. The van der Waals surface area contributed by atoms with Crippen molar-refractivity contribution in [3.63, 3.8) is 0 Å². The molecule has 5 nitrogen and oxygen atoms in total. The molecule has 3 N–H and O–H groups in total. The Bertz CT molecular complexity index is 504. The van der Waals surface area contributed by atoms with Gasteiger partial charge in [0.1, 0.15) is 0 Å². The number of rotatable bonds is 3. The zero-order valence-corrected chi connectivity index (χ0v) is 12.7. The first-order valence-electron chi connectivity index (χ1n) is 6.51. The van der Waals surface area contributed by atoms with E-state index in [1.807, 2.05) is 20.8 Å². The normalized spacial score (nSPS) is 12.7. The van der Waals surface area contributed by atoms with Crippen LogP contribution in [0.2, 0.25) is 0 Å². The van der Waals surface area contributed by atoms with Crippen molar-refractivity contribution in [3.8, 4) is 0 Å². The van der Waals surface area contributed by atoms with Crippen LogP contribution in [0.1, 0.15) is 31.1 Å². The van der Waals surface area contributed by atoms with Gasteiger partial charge in [-0.1, -0.05) is 26.8 Å². The van der Waals surface area contributed by atoms with Crippen LogP contribution in [0.4, 0.5) is 5.69 Å². The molecule has 0 radical (unpaired) electrons. The number of hydrogen-bond acceptors (Lipinski definition) is 3. The van der Waals surface area contributed by atoms with E-state index >= 15 is 0 Å². The van der Waals surface area contributed by atoms with Crippen molar-refractivity contribution in [2.24, 2.45) is 11.1 Å². The average molecular weight is 277 g/mol. The predicted octanol–water partition coefficient (Wildman–Crippen LogP) is 1.70. The first kappa shape index (κ1) is 16.2. The average Bonchev–Trinajstić information content (AvgIpc) is 2.35. The third-order valence-electron chi connectivity index (χ3n) is 3.00. The second-order valence-corrected chi connectivity index (χ2v) is 6.11. The van der Waals surface area contributed by atoms with Gasteiger partial charge in [-0.3, -0.25) is 9.59 Å². The maximum absolute atomic E-state index is 12.0. The fraction of sp³-hybridized carbons (Fsp3) is 0.467. The Kier molecular flexibility index (Phi) is 4.89. The Hall–Kier alpha value is -1.88. The van der Waals surface area contributed by atoms with Gasteiger partial charge >= 0.3 is 0 Å². The van der Waals surface area contributed by atoms with Gasteiger partial charge in [-0.05, 0) is 23.6 Å². The first-order valence-corrected chi connectivity index (χ1v) is 6.51. The smallest absolute Gasteiger partial charge is 0.253 e. The lowest BCUT2D eigenvalue weighted by Crippen LogP contribution is -2.45. The molecule has 0 saturated carbocycles. The zero-order chi connectivity index (χ0) is 15.5. The Morgan fingerprint density at radius 3 is 2.35 bits per heavy atom. The molecule has 110 valence electrons. The third-order valence-corrected chi connectivity index (χ3v) is 3.00. The van der Waals surface area contributed by atoms with Crippen LogP contribution in [0, 0.1) is 5.41 Å². The summed E-state index contributed by atoms with van der Waals surface area (Å²) in [6, 6.07) is 6.21. The summed E-state index contributed by atoms with van der Waals surface area (Å²) in [6.07, 6.45) is 0. The minimum Gasteiger partial charge on any atom is -0.345 e. The number of amides is 2. The molecule has 1 rings (SSSR count). The van der Waals surface area contributed by atoms with Crippen molar-refractivity contribution in [1.82, 2.24) is 4.90 Å². The maximum atomic E-state index is 12.0. The standard InChI is InChI=1S/C15H23N3O2/c1-15(2,3)12(16)13(19)17-11-8-6-7-10(9-11)14(20)18(4)5/h6-9,12H,16H2,1-5H3,(H,17,19). The quantitative estimate of drug-likeness (QED) is 0.883. The summed E-state index contributed by atoms with van der Waals surface area (Å²) in [5, 5.41) is 2.75. The van der Waals surface area contributed by atoms with Crippen LogP contribution < -0.4 is 11.1 Å². The van der Waals surface area contributed by atoms with Crippen LogP contribution >= 0.6 is 0 Å². The molecule has 0 heterocycles. The largest absolute Gasteiger partial charge is 0.345 e. The van der Waals surface area contributed by atoms with Crippen molar-refractivity contribution in [2.75, 3.05) is 19.4 Å². The second-order valence-electron chi connectivity index (χ2n) is 6.11. The number of anilines is 1. The highest BCUT2D eigenvalue weighted by Crippen LogP contribution is 2.19. The minimum absolute atomic E-state index is 0.110. The summed E-state index contributed by atoms with van der Waals surface area (Å²) in [7, 11) is 3.37. The van der Waals surface area contributed by atoms with Gasteiger partial charge in [-0.25, -0.2) is 0 Å². The van der Waals surface area contributed by atoms with Gasteiger partial charge in [0.05, 0.1) is 6.04 Å². The Morgan fingerprint density at radius 1 is 1.25 bits per heavy atom. The van der Waals surface area contributed by atoms with E-state index in [4.69, 9.17) is 5.73 Å². The van der Waals surface area contributed by atoms with Gasteiger partial charge in [0, 0.05) is 25.3 Å². The highest BCUT2D eigenvalue weighted by molar-refractivity contribution is 5.98. The molecule has 0 saturated heterocycles. The van der Waals surface area contributed by atoms with Gasteiger partial charge in [0.25, 0.3) is 5.91 Å². The van der Waals surface area contributed by atoms with Gasteiger partial charge in [0.2, 0.25) is 5.91 Å². The molecule has 0 spiro atoms. The fourth-order valence-corrected chi connectivity index (χ4v) is 1.60. The minimum atomic E-state index is -0.615. The summed E-state index contributed by atoms with van der Waals surface area (Å²) >= 11 is 0. The number of nitrogens with zero attached hydrogens (tertiary/aromatic N) is 1. The molecule has 0 bridgehead atoms. The highest BCUT2D eigenvalue weighted by Gasteiger charge is 2.27. The second kappa shape index (κ2) is 6.05. The van der Waals surface area contributed by atoms with Crippen LogP contribution in [-0.2, 0) is 4.79 Å². The molecular weight excluding hydrogens is 254 g/mol. The number of hydrogen-bond donors (Lipinski definition) is 2. The highest BCUT2D eigenvalue weighted by atomic mass is 16.2. The van der Waals surface area contributed by atoms with E-state index in [1.54, 1.807) is 38.4 Å². The fourth-order valence-electron chi connectivity index (χ4n) is 1.60. The van der Waals surface area contributed by atoms with Crippen LogP contribution in [0.15, 0.2) is 24.3 Å². The van der Waals surface area contributed by atoms with Crippen molar-refractivity contribution >= 4 is 17.5 Å². The molecule has 1 aromatic rings. The molecule has 2 amide bonds. The maximum Gasteiger partial charge on any atom is 0.253 e. The molecule has 0 fully saturated rings. The summed E-state index contributed by atoms with van der Waals surface area (Å²) in [5.41, 5.74) is 6.68. The number of nitrogens with two attached hydrogens (primary N) is 1. The van der Waals surface area contributed by atoms with Crippen molar-refractivity contribution < 1.29 is 9.59 Å². The molecule has 1 aromatic carbocycles. The van der Waals surface area contributed by atoms with E-state index in [-0.39, 0.29) is 17.2 Å². The van der Waals surface area contributed by atoms with E-state index in [0.717, 1.165) is 0 Å². The van der Waals surface area contributed by atoms with Crippen molar-refractivity contribution in [1.29, 1.82) is 0 Å². The lowest BCUT2D eigenvalue weighted by atomic mass is 9.87. The van der Waals surface area contributed by atoms with E-state index in [2.05, 4.69) is 5.32 Å². The van der Waals surface area contributed by atoms with Crippen molar-refractivity contribution in [3.05, 3.63) is 29.8 Å². The Balaban J connectivity index is 2.87. The third kappa shape index (κ3) is 4.06. The summed E-state index contributed by atoms with van der Waals surface area (Å²) in [5.74, 6) is -0.367. The lowest BCUT2D eigenvalue weighted by Gasteiger charge is -2.25. The van der Waals surface area contributed by atoms with Gasteiger partial charge in [-0.2, -0.15) is 0 Å². The first-order chi connectivity index (χ1) is 9.12. The topological polar surface area (TPSA) is 75.4 Å². The number of carbonyl (C=O) groups is 2. The molecule has 0 aliphatic rings. The Morgan fingerprint density at radius 2 is 1.85 bits per heavy atom. The molecule has 20 heavy (non-hydrogen) atoms. The van der Waals surface area contributed by atoms with E-state index in [0.29, 0.717) is 11.3 Å². The van der Waals surface area contributed by atoms with Gasteiger partial charge < -0.3 is 16.0 Å². The molecule has 0 aromatic heterocycles. The Labute approximate surface area is 120 Å². The van der Waals surface area contributed by atoms with Crippen LogP contribution in [-0.4, -0.2) is 36.9 Å². The summed E-state index contributed by atoms with van der Waals surface area (Å²) < 4.78 is 0. The number of benzene rings is 1.